The summed E-state index contributed by atoms with van der Waals surface area (Å²) in [6, 6.07) is 20.2. The smallest absolute Gasteiger partial charge is 0.412 e. The van der Waals surface area contributed by atoms with Crippen LogP contribution in [0.4, 0.5) is 14.9 Å². The highest BCUT2D eigenvalue weighted by molar-refractivity contribution is 7.20. The Bertz CT molecular complexity index is 1450. The third-order valence-corrected chi connectivity index (χ3v) is 8.00. The number of hydrogen-bond donors (Lipinski definition) is 1. The highest BCUT2D eigenvalue weighted by Gasteiger charge is 2.23. The van der Waals surface area contributed by atoms with Gasteiger partial charge < -0.3 is 9.47 Å². The molecule has 0 saturated heterocycles. The van der Waals surface area contributed by atoms with E-state index >= 15 is 0 Å². The topological polar surface area (TPSA) is 47.6 Å². The molecule has 190 valence electrons. The molecule has 1 aromatic heterocycles. The third-order valence-electron chi connectivity index (χ3n) is 6.36. The van der Waals surface area contributed by atoms with Crippen LogP contribution < -0.4 is 10.1 Å². The molecule has 1 unspecified atom stereocenters. The molecular weight excluding hydrogens is 532 g/mol. The van der Waals surface area contributed by atoms with E-state index in [9.17, 15) is 9.18 Å². The molecule has 1 aliphatic carbocycles. The lowest BCUT2D eigenvalue weighted by Crippen LogP contribution is -2.16. The van der Waals surface area contributed by atoms with E-state index in [2.05, 4.69) is 29.6 Å². The van der Waals surface area contributed by atoms with Crippen molar-refractivity contribution in [2.24, 2.45) is 0 Å². The number of benzene rings is 3. The highest BCUT2D eigenvalue weighted by Crippen LogP contribution is 2.44. The molecule has 4 aromatic rings. The van der Waals surface area contributed by atoms with E-state index in [1.54, 1.807) is 20.1 Å². The predicted octanol–water partition coefficient (Wildman–Crippen LogP) is 9.72. The van der Waals surface area contributed by atoms with Crippen LogP contribution in [0, 0.1) is 5.82 Å². The number of halogens is 3. The van der Waals surface area contributed by atoms with Crippen molar-refractivity contribution in [2.75, 3.05) is 12.4 Å². The number of rotatable bonds is 7. The maximum absolute atomic E-state index is 13.4. The number of nitrogens with one attached hydrogen (secondary N) is 1. The summed E-state index contributed by atoms with van der Waals surface area (Å²) in [5.74, 6) is 0.962. The number of ether oxygens (including phenoxy) is 2. The van der Waals surface area contributed by atoms with Crippen molar-refractivity contribution in [3.8, 4) is 27.3 Å². The van der Waals surface area contributed by atoms with Crippen LogP contribution in [0.2, 0.25) is 9.36 Å². The van der Waals surface area contributed by atoms with E-state index in [1.165, 1.54) is 47.9 Å². The Morgan fingerprint density at radius 3 is 2.43 bits per heavy atom. The number of carbonyl (C=O) groups excluding carboxylic acids is 1. The van der Waals surface area contributed by atoms with Gasteiger partial charge in [-0.3, -0.25) is 5.32 Å². The summed E-state index contributed by atoms with van der Waals surface area (Å²) in [4.78, 5) is 13.5. The standard InChI is InChI=1S/C29H24Cl2FNO3S/c1-16(22-12-10-21(32)14-24(22)30)36-29(34)33-25-15-27(31)37-28(25)20-9-11-23(26(13-20)35-2)19-7-5-18(6-8-19)17-3-4-17/h5-17H,3-4H2,1-2H3,(H,33,34). The van der Waals surface area contributed by atoms with Crippen LogP contribution in [0.25, 0.3) is 21.6 Å². The Morgan fingerprint density at radius 2 is 1.76 bits per heavy atom. The summed E-state index contributed by atoms with van der Waals surface area (Å²) in [5.41, 5.74) is 5.30. The molecule has 1 N–H and O–H groups in total. The van der Waals surface area contributed by atoms with Gasteiger partial charge in [0.25, 0.3) is 0 Å². The van der Waals surface area contributed by atoms with Crippen LogP contribution in [0.15, 0.2) is 66.7 Å². The fraction of sp³-hybridized carbons (Fsp3) is 0.207. The number of thiophene rings is 1. The maximum Gasteiger partial charge on any atom is 0.412 e. The zero-order chi connectivity index (χ0) is 26.1. The molecular formula is C29H24Cl2FNO3S. The SMILES string of the molecule is COc1cc(-c2sc(Cl)cc2NC(=O)OC(C)c2ccc(F)cc2Cl)ccc1-c1ccc(C2CC2)cc1. The van der Waals surface area contributed by atoms with Gasteiger partial charge in [-0.05, 0) is 66.6 Å². The van der Waals surface area contributed by atoms with Crippen molar-refractivity contribution in [2.45, 2.75) is 31.8 Å². The molecule has 0 spiro atoms. The van der Waals surface area contributed by atoms with Gasteiger partial charge in [0.1, 0.15) is 17.7 Å². The second-order valence-electron chi connectivity index (χ2n) is 8.94. The van der Waals surface area contributed by atoms with Crippen LogP contribution in [-0.2, 0) is 4.74 Å². The van der Waals surface area contributed by atoms with Gasteiger partial charge in [-0.1, -0.05) is 65.7 Å². The minimum Gasteiger partial charge on any atom is -0.496 e. The normalized spacial score (nSPS) is 13.8. The first-order valence-corrected chi connectivity index (χ1v) is 13.4. The second kappa shape index (κ2) is 10.7. The zero-order valence-corrected chi connectivity index (χ0v) is 22.5. The lowest BCUT2D eigenvalue weighted by atomic mass is 9.99. The van der Waals surface area contributed by atoms with Crippen molar-refractivity contribution >= 4 is 46.3 Å². The molecule has 1 atom stereocenters. The lowest BCUT2D eigenvalue weighted by Gasteiger charge is -2.16. The molecule has 0 aliphatic heterocycles. The Balaban J connectivity index is 1.36. The summed E-state index contributed by atoms with van der Waals surface area (Å²) in [5, 5.41) is 2.96. The van der Waals surface area contributed by atoms with Gasteiger partial charge in [-0.2, -0.15) is 0 Å². The van der Waals surface area contributed by atoms with E-state index < -0.39 is 18.0 Å². The molecule has 1 saturated carbocycles. The molecule has 8 heteroatoms. The summed E-state index contributed by atoms with van der Waals surface area (Å²) in [7, 11) is 1.64. The van der Waals surface area contributed by atoms with E-state index in [1.807, 2.05) is 18.2 Å². The molecule has 5 rings (SSSR count). The Morgan fingerprint density at radius 1 is 1.03 bits per heavy atom. The fourth-order valence-corrected chi connectivity index (χ4v) is 5.78. The van der Waals surface area contributed by atoms with Gasteiger partial charge >= 0.3 is 6.09 Å². The number of amides is 1. The minimum atomic E-state index is -0.684. The van der Waals surface area contributed by atoms with Gasteiger partial charge in [0.15, 0.2) is 0 Å². The van der Waals surface area contributed by atoms with Gasteiger partial charge in [0, 0.05) is 11.1 Å². The maximum atomic E-state index is 13.4. The second-order valence-corrected chi connectivity index (χ2v) is 11.0. The molecule has 3 aromatic carbocycles. The first-order chi connectivity index (χ1) is 17.8. The summed E-state index contributed by atoms with van der Waals surface area (Å²) >= 11 is 13.8. The Hall–Kier alpha value is -3.06. The molecule has 1 fully saturated rings. The van der Waals surface area contributed by atoms with Gasteiger partial charge in [-0.25, -0.2) is 9.18 Å². The Labute approximate surface area is 229 Å². The number of methoxy groups -OCH3 is 1. The van der Waals surface area contributed by atoms with Crippen LogP contribution >= 0.6 is 34.5 Å². The summed E-state index contributed by atoms with van der Waals surface area (Å²) < 4.78 is 25.1. The molecule has 0 radical (unpaired) electrons. The highest BCUT2D eigenvalue weighted by atomic mass is 35.5. The molecule has 0 bridgehead atoms. The first-order valence-electron chi connectivity index (χ1n) is 11.8. The molecule has 1 amide bonds. The monoisotopic (exact) mass is 555 g/mol. The van der Waals surface area contributed by atoms with Crippen molar-refractivity contribution in [3.63, 3.8) is 0 Å². The number of hydrogen-bond acceptors (Lipinski definition) is 4. The quantitative estimate of drug-likeness (QED) is 0.247. The van der Waals surface area contributed by atoms with Crippen molar-refractivity contribution < 1.29 is 18.7 Å². The van der Waals surface area contributed by atoms with Crippen LogP contribution in [0.3, 0.4) is 0 Å². The van der Waals surface area contributed by atoms with Crippen molar-refractivity contribution in [1.82, 2.24) is 0 Å². The predicted molar refractivity (Wildman–Crippen MR) is 149 cm³/mol. The fourth-order valence-electron chi connectivity index (χ4n) is 4.29. The van der Waals surface area contributed by atoms with Crippen LogP contribution in [-0.4, -0.2) is 13.2 Å². The van der Waals surface area contributed by atoms with Crippen molar-refractivity contribution in [3.05, 3.63) is 93.0 Å². The number of anilines is 1. The van der Waals surface area contributed by atoms with Crippen molar-refractivity contribution in [1.29, 1.82) is 0 Å². The molecule has 1 aliphatic rings. The molecule has 4 nitrogen and oxygen atoms in total. The lowest BCUT2D eigenvalue weighted by molar-refractivity contribution is 0.121. The van der Waals surface area contributed by atoms with Crippen LogP contribution in [0.5, 0.6) is 5.75 Å². The summed E-state index contributed by atoms with van der Waals surface area (Å²) in [6.45, 7) is 1.67. The average molecular weight is 556 g/mol. The Kier molecular flexibility index (Phi) is 7.43. The average Bonchev–Trinajstić information content (AvgIpc) is 3.66. The minimum absolute atomic E-state index is 0.189. The molecule has 1 heterocycles. The van der Waals surface area contributed by atoms with Gasteiger partial charge in [0.05, 0.1) is 27.0 Å². The third kappa shape index (κ3) is 5.77. The van der Waals surface area contributed by atoms with E-state index in [4.69, 9.17) is 32.7 Å². The number of carbonyl (C=O) groups is 1. The summed E-state index contributed by atoms with van der Waals surface area (Å²) in [6.07, 6.45) is 1.17. The van der Waals surface area contributed by atoms with E-state index in [-0.39, 0.29) is 5.02 Å². The van der Waals surface area contributed by atoms with Gasteiger partial charge in [-0.15, -0.1) is 11.3 Å². The zero-order valence-electron chi connectivity index (χ0n) is 20.2. The first kappa shape index (κ1) is 25.6. The van der Waals surface area contributed by atoms with E-state index in [0.29, 0.717) is 27.3 Å². The van der Waals surface area contributed by atoms with Gasteiger partial charge in [0.2, 0.25) is 0 Å². The largest absolute Gasteiger partial charge is 0.496 e. The molecule has 37 heavy (non-hydrogen) atoms. The van der Waals surface area contributed by atoms with Crippen LogP contribution in [0.1, 0.15) is 42.9 Å². The van der Waals surface area contributed by atoms with E-state index in [0.717, 1.165) is 21.6 Å².